The molecule has 0 aromatic rings. The lowest BCUT2D eigenvalue weighted by atomic mass is 10.1. The van der Waals surface area contributed by atoms with E-state index in [1.165, 1.54) is 14.0 Å². The maximum absolute atomic E-state index is 9.27. The summed E-state index contributed by atoms with van der Waals surface area (Å²) >= 11 is 0. The third-order valence-electron chi connectivity index (χ3n) is 2.00. The maximum atomic E-state index is 9.27. The summed E-state index contributed by atoms with van der Waals surface area (Å²) in [5, 5.41) is 27.5. The van der Waals surface area contributed by atoms with Gasteiger partial charge in [-0.3, -0.25) is 0 Å². The van der Waals surface area contributed by atoms with Gasteiger partial charge in [-0.25, -0.2) is 0 Å². The summed E-state index contributed by atoms with van der Waals surface area (Å²) in [6.45, 7) is 1.52. The zero-order chi connectivity index (χ0) is 9.30. The lowest BCUT2D eigenvalue weighted by Crippen LogP contribution is -2.39. The van der Waals surface area contributed by atoms with Gasteiger partial charge in [0.1, 0.15) is 18.3 Å². The number of hydrogen-bond acceptors (Lipinski definition) is 5. The number of rotatable bonds is 2. The smallest absolute Gasteiger partial charge is 0.184 e. The molecule has 0 unspecified atom stereocenters. The molecule has 0 aromatic carbocycles. The topological polar surface area (TPSA) is 79.2 Å². The van der Waals surface area contributed by atoms with Crippen molar-refractivity contribution in [2.45, 2.75) is 37.6 Å². The average molecular weight is 178 g/mol. The predicted molar refractivity (Wildman–Crippen MR) is 39.4 cm³/mol. The fourth-order valence-electron chi connectivity index (χ4n) is 1.34. The van der Waals surface area contributed by atoms with Crippen molar-refractivity contribution in [2.24, 2.45) is 0 Å². The zero-order valence-electron chi connectivity index (χ0n) is 7.04. The molecular weight excluding hydrogens is 164 g/mol. The summed E-state index contributed by atoms with van der Waals surface area (Å²) in [7, 11) is 1.39. The minimum absolute atomic E-state index is 0.667. The monoisotopic (exact) mass is 178 g/mol. The molecule has 0 radical (unpaired) electrons. The van der Waals surface area contributed by atoms with Crippen LogP contribution in [0.15, 0.2) is 0 Å². The Hall–Kier alpha value is -0.200. The van der Waals surface area contributed by atoms with Crippen LogP contribution in [0.4, 0.5) is 0 Å². The van der Waals surface area contributed by atoms with Crippen molar-refractivity contribution in [3.05, 3.63) is 0 Å². The molecule has 1 aliphatic rings. The molecule has 1 saturated heterocycles. The molecule has 72 valence electrons. The Kier molecular flexibility index (Phi) is 3.03. The Morgan fingerprint density at radius 3 is 2.33 bits per heavy atom. The van der Waals surface area contributed by atoms with Crippen molar-refractivity contribution in [3.8, 4) is 0 Å². The fraction of sp³-hybridized carbons (Fsp3) is 1.00. The van der Waals surface area contributed by atoms with Crippen LogP contribution in [0.25, 0.3) is 0 Å². The third kappa shape index (κ3) is 1.60. The van der Waals surface area contributed by atoms with E-state index in [0.29, 0.717) is 0 Å². The van der Waals surface area contributed by atoms with Crippen LogP contribution in [-0.2, 0) is 9.47 Å². The van der Waals surface area contributed by atoms with Crippen molar-refractivity contribution in [1.82, 2.24) is 0 Å². The van der Waals surface area contributed by atoms with Gasteiger partial charge in [0.05, 0.1) is 6.10 Å². The first kappa shape index (κ1) is 9.88. The SMILES string of the molecule is CO[C@H]1[C@@H](O)[C@@H](O)O[C@@H]1[C@@H](C)O. The van der Waals surface area contributed by atoms with Crippen LogP contribution in [0.1, 0.15) is 6.92 Å². The molecule has 1 heterocycles. The van der Waals surface area contributed by atoms with Crippen LogP contribution < -0.4 is 0 Å². The molecule has 5 atom stereocenters. The molecule has 5 nitrogen and oxygen atoms in total. The van der Waals surface area contributed by atoms with Gasteiger partial charge in [-0.15, -0.1) is 0 Å². The standard InChI is InChI=1S/C7H14O5/c1-3(8)5-6(11-2)4(9)7(10)12-5/h3-10H,1-2H3/t3-,4-,5-,6+,7+/m1/s1. The quantitative estimate of drug-likeness (QED) is 0.477. The van der Waals surface area contributed by atoms with Gasteiger partial charge in [0.2, 0.25) is 0 Å². The van der Waals surface area contributed by atoms with E-state index in [-0.39, 0.29) is 0 Å². The Bertz CT molecular complexity index is 149. The normalized spacial score (nSPS) is 44.8. The maximum Gasteiger partial charge on any atom is 0.184 e. The summed E-state index contributed by atoms with van der Waals surface area (Å²) in [6.07, 6.45) is -4.47. The molecule has 0 saturated carbocycles. The summed E-state index contributed by atoms with van der Waals surface area (Å²) in [6, 6.07) is 0. The molecule has 5 heteroatoms. The van der Waals surface area contributed by atoms with Crippen LogP contribution >= 0.6 is 0 Å². The van der Waals surface area contributed by atoms with E-state index < -0.39 is 30.7 Å². The van der Waals surface area contributed by atoms with E-state index in [0.717, 1.165) is 0 Å². The highest BCUT2D eigenvalue weighted by molar-refractivity contribution is 4.89. The van der Waals surface area contributed by atoms with E-state index in [4.69, 9.17) is 19.7 Å². The number of methoxy groups -OCH3 is 1. The van der Waals surface area contributed by atoms with Crippen molar-refractivity contribution >= 4 is 0 Å². The third-order valence-corrected chi connectivity index (χ3v) is 2.00. The van der Waals surface area contributed by atoms with Gasteiger partial charge >= 0.3 is 0 Å². The first-order valence-corrected chi connectivity index (χ1v) is 3.80. The van der Waals surface area contributed by atoms with Crippen molar-refractivity contribution < 1.29 is 24.8 Å². The van der Waals surface area contributed by atoms with E-state index in [9.17, 15) is 5.11 Å². The zero-order valence-corrected chi connectivity index (χ0v) is 7.04. The van der Waals surface area contributed by atoms with Crippen molar-refractivity contribution in [3.63, 3.8) is 0 Å². The molecule has 0 aromatic heterocycles. The minimum atomic E-state index is -1.27. The van der Waals surface area contributed by atoms with E-state index in [1.807, 2.05) is 0 Å². The number of aliphatic hydroxyl groups is 3. The lowest BCUT2D eigenvalue weighted by molar-refractivity contribution is -0.143. The van der Waals surface area contributed by atoms with Gasteiger partial charge < -0.3 is 24.8 Å². The van der Waals surface area contributed by atoms with Crippen LogP contribution in [0.2, 0.25) is 0 Å². The highest BCUT2D eigenvalue weighted by atomic mass is 16.7. The van der Waals surface area contributed by atoms with Gasteiger partial charge in [0.15, 0.2) is 6.29 Å². The lowest BCUT2D eigenvalue weighted by Gasteiger charge is -2.20. The molecule has 1 aliphatic heterocycles. The summed E-state index contributed by atoms with van der Waals surface area (Å²) in [5.41, 5.74) is 0. The molecule has 1 rings (SSSR count). The fourth-order valence-corrected chi connectivity index (χ4v) is 1.34. The number of ether oxygens (including phenoxy) is 2. The second-order valence-electron chi connectivity index (χ2n) is 2.92. The van der Waals surface area contributed by atoms with Crippen LogP contribution in [0.3, 0.4) is 0 Å². The second kappa shape index (κ2) is 3.68. The summed E-state index contributed by atoms with van der Waals surface area (Å²) in [4.78, 5) is 0. The predicted octanol–water partition coefficient (Wildman–Crippen LogP) is -1.54. The van der Waals surface area contributed by atoms with Gasteiger partial charge in [0, 0.05) is 7.11 Å². The highest BCUT2D eigenvalue weighted by Gasteiger charge is 2.45. The van der Waals surface area contributed by atoms with Gasteiger partial charge in [-0.05, 0) is 6.92 Å². The second-order valence-corrected chi connectivity index (χ2v) is 2.92. The Labute approximate surface area is 70.5 Å². The minimum Gasteiger partial charge on any atom is -0.391 e. The molecule has 12 heavy (non-hydrogen) atoms. The largest absolute Gasteiger partial charge is 0.391 e. The van der Waals surface area contributed by atoms with E-state index in [2.05, 4.69) is 0 Å². The molecule has 0 spiro atoms. The molecular formula is C7H14O5. The van der Waals surface area contributed by atoms with Gasteiger partial charge in [-0.1, -0.05) is 0 Å². The molecule has 3 N–H and O–H groups in total. The molecule has 0 bridgehead atoms. The number of hydrogen-bond donors (Lipinski definition) is 3. The van der Waals surface area contributed by atoms with Crippen LogP contribution in [-0.4, -0.2) is 53.1 Å². The van der Waals surface area contributed by atoms with Gasteiger partial charge in [0.25, 0.3) is 0 Å². The van der Waals surface area contributed by atoms with Crippen molar-refractivity contribution in [2.75, 3.05) is 7.11 Å². The van der Waals surface area contributed by atoms with Crippen LogP contribution in [0.5, 0.6) is 0 Å². The molecule has 1 fully saturated rings. The Morgan fingerprint density at radius 1 is 1.42 bits per heavy atom. The Morgan fingerprint density at radius 2 is 2.00 bits per heavy atom. The first-order chi connectivity index (χ1) is 5.57. The van der Waals surface area contributed by atoms with Crippen LogP contribution in [0, 0.1) is 0 Å². The van der Waals surface area contributed by atoms with Gasteiger partial charge in [-0.2, -0.15) is 0 Å². The number of aliphatic hydroxyl groups excluding tert-OH is 3. The van der Waals surface area contributed by atoms with E-state index >= 15 is 0 Å². The summed E-state index contributed by atoms with van der Waals surface area (Å²) < 4.78 is 9.74. The van der Waals surface area contributed by atoms with Crippen molar-refractivity contribution in [1.29, 1.82) is 0 Å². The average Bonchev–Trinajstić information content (AvgIpc) is 2.29. The highest BCUT2D eigenvalue weighted by Crippen LogP contribution is 2.24. The first-order valence-electron chi connectivity index (χ1n) is 3.80. The molecule has 0 aliphatic carbocycles. The van der Waals surface area contributed by atoms with E-state index in [1.54, 1.807) is 0 Å². The molecule has 0 amide bonds. The Balaban J connectivity index is 2.65. The summed E-state index contributed by atoms with van der Waals surface area (Å²) in [5.74, 6) is 0.